The highest BCUT2D eigenvalue weighted by atomic mass is 16.5. The summed E-state index contributed by atoms with van der Waals surface area (Å²) in [5.41, 5.74) is -0.889. The summed E-state index contributed by atoms with van der Waals surface area (Å²) in [6.07, 6.45) is 0. The van der Waals surface area contributed by atoms with Crippen LogP contribution in [0.4, 0.5) is 0 Å². The molecule has 0 saturated carbocycles. The summed E-state index contributed by atoms with van der Waals surface area (Å²) in [5.74, 6) is -0.542. The number of hydrogen-bond donors (Lipinski definition) is 0. The first-order valence-electron chi connectivity index (χ1n) is 3.75. The number of Topliss-reactive ketones (excluding diaryl/α,β-unsaturated/α-hetero) is 1. The van der Waals surface area contributed by atoms with E-state index >= 15 is 0 Å². The summed E-state index contributed by atoms with van der Waals surface area (Å²) in [6.45, 7) is 7.10. The van der Waals surface area contributed by atoms with Crippen LogP contribution in [0.5, 0.6) is 0 Å². The molecule has 0 aromatic rings. The molecule has 0 spiro atoms. The molecule has 1 aliphatic rings. The highest BCUT2D eigenvalue weighted by Crippen LogP contribution is 2.24. The maximum absolute atomic E-state index is 10.8. The number of rotatable bonds is 0. The molecule has 3 nitrogen and oxygen atoms in total. The molecule has 64 valence electrons. The molecule has 0 aromatic carbocycles. The van der Waals surface area contributed by atoms with Crippen LogP contribution in [0, 0.1) is 5.41 Å². The fraction of sp³-hybridized carbons (Fsp3) is 0.750. The van der Waals surface area contributed by atoms with Crippen molar-refractivity contribution >= 4 is 11.8 Å². The highest BCUT2D eigenvalue weighted by Gasteiger charge is 2.43. The summed E-state index contributed by atoms with van der Waals surface area (Å²) in [5, 5.41) is 0. The zero-order valence-corrected chi connectivity index (χ0v) is 7.43. The molecule has 1 aliphatic heterocycles. The molecule has 1 rings (SSSR count). The normalized spacial score (nSPS) is 20.4. The third-order valence-corrected chi connectivity index (χ3v) is 1.54. The maximum Gasteiger partial charge on any atom is 0.319 e. The lowest BCUT2D eigenvalue weighted by molar-refractivity contribution is -0.145. The van der Waals surface area contributed by atoms with Gasteiger partial charge in [0.05, 0.1) is 0 Å². The molecule has 3 heteroatoms. The molecule has 0 bridgehead atoms. The Bertz CT molecular complexity index is 152. The summed E-state index contributed by atoms with van der Waals surface area (Å²) in [6, 6.07) is 0. The number of ketones is 1. The van der Waals surface area contributed by atoms with Gasteiger partial charge in [0.2, 0.25) is 0 Å². The van der Waals surface area contributed by atoms with Gasteiger partial charge in [-0.2, -0.15) is 0 Å². The van der Waals surface area contributed by atoms with Crippen molar-refractivity contribution in [3.05, 3.63) is 0 Å². The fourth-order valence-corrected chi connectivity index (χ4v) is 0.606. The molecule has 1 heterocycles. The number of esters is 1. The Morgan fingerprint density at radius 2 is 1.73 bits per heavy atom. The van der Waals surface area contributed by atoms with Crippen molar-refractivity contribution < 1.29 is 14.3 Å². The summed E-state index contributed by atoms with van der Waals surface area (Å²) < 4.78 is 4.49. The van der Waals surface area contributed by atoms with Crippen LogP contribution in [-0.2, 0) is 14.3 Å². The number of hydrogen-bond acceptors (Lipinski definition) is 3. The van der Waals surface area contributed by atoms with Gasteiger partial charge < -0.3 is 4.74 Å². The van der Waals surface area contributed by atoms with E-state index < -0.39 is 11.4 Å². The minimum atomic E-state index is -0.889. The van der Waals surface area contributed by atoms with Crippen LogP contribution in [0.3, 0.4) is 0 Å². The van der Waals surface area contributed by atoms with Gasteiger partial charge in [-0.25, -0.2) is 0 Å². The zero-order chi connectivity index (χ0) is 9.07. The minimum absolute atomic E-state index is 0.0498. The molecule has 0 aliphatic carbocycles. The van der Waals surface area contributed by atoms with Gasteiger partial charge in [0.25, 0.3) is 0 Å². The standard InChI is InChI=1S/C6H8O3.C2H6/c1-6(2)4(7)3-9-5(6)8;1-2/h3H2,1-2H3;1-2H3. The monoisotopic (exact) mass is 158 g/mol. The van der Waals surface area contributed by atoms with E-state index in [9.17, 15) is 9.59 Å². The van der Waals surface area contributed by atoms with Crippen molar-refractivity contribution in [2.75, 3.05) is 6.61 Å². The lowest BCUT2D eigenvalue weighted by atomic mass is 9.91. The van der Waals surface area contributed by atoms with E-state index in [4.69, 9.17) is 0 Å². The molecule has 0 N–H and O–H groups in total. The largest absolute Gasteiger partial charge is 0.457 e. The van der Waals surface area contributed by atoms with E-state index in [2.05, 4.69) is 4.74 Å². The van der Waals surface area contributed by atoms with Crippen LogP contribution < -0.4 is 0 Å². The van der Waals surface area contributed by atoms with Crippen molar-refractivity contribution in [2.24, 2.45) is 5.41 Å². The second-order valence-electron chi connectivity index (χ2n) is 2.62. The topological polar surface area (TPSA) is 43.4 Å². The predicted molar refractivity (Wildman–Crippen MR) is 41.1 cm³/mol. The molecule has 0 aromatic heterocycles. The Kier molecular flexibility index (Phi) is 3.23. The van der Waals surface area contributed by atoms with Crippen LogP contribution in [0.25, 0.3) is 0 Å². The second kappa shape index (κ2) is 3.51. The van der Waals surface area contributed by atoms with Gasteiger partial charge in [0, 0.05) is 0 Å². The second-order valence-corrected chi connectivity index (χ2v) is 2.62. The minimum Gasteiger partial charge on any atom is -0.457 e. The van der Waals surface area contributed by atoms with Crippen LogP contribution in [0.1, 0.15) is 27.7 Å². The summed E-state index contributed by atoms with van der Waals surface area (Å²) in [7, 11) is 0. The average Bonchev–Trinajstić information content (AvgIpc) is 2.21. The lowest BCUT2D eigenvalue weighted by Gasteiger charge is -2.06. The Hall–Kier alpha value is -0.860. The van der Waals surface area contributed by atoms with Gasteiger partial charge in [-0.1, -0.05) is 13.8 Å². The lowest BCUT2D eigenvalue weighted by Crippen LogP contribution is -2.25. The van der Waals surface area contributed by atoms with Gasteiger partial charge in [0.1, 0.15) is 5.41 Å². The number of ether oxygens (including phenoxy) is 1. The molecule has 0 amide bonds. The van der Waals surface area contributed by atoms with Gasteiger partial charge in [0.15, 0.2) is 12.4 Å². The predicted octanol–water partition coefficient (Wildman–Crippen LogP) is 1.16. The van der Waals surface area contributed by atoms with Crippen LogP contribution in [0.15, 0.2) is 0 Å². The molecule has 0 unspecified atom stereocenters. The van der Waals surface area contributed by atoms with Gasteiger partial charge >= 0.3 is 5.97 Å². The molecule has 1 fully saturated rings. The first-order valence-corrected chi connectivity index (χ1v) is 3.75. The fourth-order valence-electron chi connectivity index (χ4n) is 0.606. The van der Waals surface area contributed by atoms with E-state index in [0.29, 0.717) is 0 Å². The van der Waals surface area contributed by atoms with Crippen molar-refractivity contribution in [1.29, 1.82) is 0 Å². The Morgan fingerprint density at radius 3 is 1.82 bits per heavy atom. The van der Waals surface area contributed by atoms with E-state index in [1.165, 1.54) is 0 Å². The Balaban J connectivity index is 0.000000461. The third kappa shape index (κ3) is 1.79. The van der Waals surface area contributed by atoms with Crippen molar-refractivity contribution in [3.8, 4) is 0 Å². The van der Waals surface area contributed by atoms with Crippen molar-refractivity contribution in [3.63, 3.8) is 0 Å². The van der Waals surface area contributed by atoms with Crippen LogP contribution in [0.2, 0.25) is 0 Å². The molecule has 0 atom stereocenters. The van der Waals surface area contributed by atoms with Crippen LogP contribution >= 0.6 is 0 Å². The molecule has 1 saturated heterocycles. The quantitative estimate of drug-likeness (QED) is 0.392. The van der Waals surface area contributed by atoms with Gasteiger partial charge in [-0.05, 0) is 13.8 Å². The highest BCUT2D eigenvalue weighted by molar-refractivity contribution is 6.08. The molecular weight excluding hydrogens is 144 g/mol. The number of carbonyl (C=O) groups excluding carboxylic acids is 2. The van der Waals surface area contributed by atoms with E-state index in [1.807, 2.05) is 13.8 Å². The zero-order valence-electron chi connectivity index (χ0n) is 7.43. The first kappa shape index (κ1) is 10.1. The summed E-state index contributed by atoms with van der Waals surface area (Å²) >= 11 is 0. The van der Waals surface area contributed by atoms with E-state index in [1.54, 1.807) is 13.8 Å². The molecular formula is C8H14O3. The first-order chi connectivity index (χ1) is 5.05. The summed E-state index contributed by atoms with van der Waals surface area (Å²) in [4.78, 5) is 21.4. The van der Waals surface area contributed by atoms with Gasteiger partial charge in [-0.3, -0.25) is 9.59 Å². The smallest absolute Gasteiger partial charge is 0.319 e. The third-order valence-electron chi connectivity index (χ3n) is 1.54. The van der Waals surface area contributed by atoms with Crippen molar-refractivity contribution in [2.45, 2.75) is 27.7 Å². The Morgan fingerprint density at radius 1 is 1.27 bits per heavy atom. The Labute approximate surface area is 66.7 Å². The van der Waals surface area contributed by atoms with Crippen molar-refractivity contribution in [1.82, 2.24) is 0 Å². The SMILES string of the molecule is CC.CC1(C)C(=O)COC1=O. The average molecular weight is 158 g/mol. The molecule has 11 heavy (non-hydrogen) atoms. The number of carbonyl (C=O) groups is 2. The van der Waals surface area contributed by atoms with E-state index in [-0.39, 0.29) is 12.4 Å². The van der Waals surface area contributed by atoms with Crippen LogP contribution in [-0.4, -0.2) is 18.4 Å². The molecule has 0 radical (unpaired) electrons. The van der Waals surface area contributed by atoms with E-state index in [0.717, 1.165) is 0 Å². The maximum atomic E-state index is 10.8. The van der Waals surface area contributed by atoms with Gasteiger partial charge in [-0.15, -0.1) is 0 Å². The number of cyclic esters (lactones) is 1.